The standard InChI is InChI=1S/C15H15IN2O5S/c1-3-23-10-5-8(4-9(16)13(10)22-2)6-11-14(20)18(7-12(17)19)15(21)24-11/h4-6H,3,7H2,1-2H3,(H2,17,19)/b11-6-. The van der Waals surface area contributed by atoms with Gasteiger partial charge in [-0.25, -0.2) is 0 Å². The van der Waals surface area contributed by atoms with E-state index >= 15 is 0 Å². The summed E-state index contributed by atoms with van der Waals surface area (Å²) < 4.78 is 11.7. The van der Waals surface area contributed by atoms with Crippen LogP contribution in [0.5, 0.6) is 11.5 Å². The van der Waals surface area contributed by atoms with Crippen molar-refractivity contribution in [2.75, 3.05) is 20.3 Å². The number of benzene rings is 1. The molecule has 2 N–H and O–H groups in total. The highest BCUT2D eigenvalue weighted by Crippen LogP contribution is 2.37. The lowest BCUT2D eigenvalue weighted by atomic mass is 10.2. The number of thioether (sulfide) groups is 1. The lowest BCUT2D eigenvalue weighted by Gasteiger charge is -2.12. The van der Waals surface area contributed by atoms with Crippen molar-refractivity contribution in [1.82, 2.24) is 4.90 Å². The van der Waals surface area contributed by atoms with Gasteiger partial charge >= 0.3 is 0 Å². The molecule has 1 fully saturated rings. The molecular formula is C15H15IN2O5S. The van der Waals surface area contributed by atoms with Crippen LogP contribution in [0, 0.1) is 3.57 Å². The predicted octanol–water partition coefficient (Wildman–Crippen LogP) is 2.22. The molecule has 0 atom stereocenters. The van der Waals surface area contributed by atoms with Gasteiger partial charge in [0.25, 0.3) is 11.1 Å². The maximum Gasteiger partial charge on any atom is 0.294 e. The molecule has 1 aliphatic rings. The number of hydrogen-bond acceptors (Lipinski definition) is 6. The quantitative estimate of drug-likeness (QED) is 0.515. The highest BCUT2D eigenvalue weighted by atomic mass is 127. The Balaban J connectivity index is 2.36. The molecule has 3 amide bonds. The molecule has 1 aromatic carbocycles. The fourth-order valence-corrected chi connectivity index (χ4v) is 3.76. The summed E-state index contributed by atoms with van der Waals surface area (Å²) in [7, 11) is 1.55. The van der Waals surface area contributed by atoms with Crippen molar-refractivity contribution in [1.29, 1.82) is 0 Å². The number of halogens is 1. The Labute approximate surface area is 156 Å². The smallest absolute Gasteiger partial charge is 0.294 e. The summed E-state index contributed by atoms with van der Waals surface area (Å²) in [4.78, 5) is 36.1. The van der Waals surface area contributed by atoms with E-state index in [9.17, 15) is 14.4 Å². The molecular weight excluding hydrogens is 447 g/mol. The molecule has 2 rings (SSSR count). The van der Waals surface area contributed by atoms with Gasteiger partial charge in [-0.05, 0) is 65.0 Å². The van der Waals surface area contributed by atoms with Gasteiger partial charge in [0.1, 0.15) is 6.54 Å². The number of hydrogen-bond donors (Lipinski definition) is 1. The average molecular weight is 462 g/mol. The molecule has 0 saturated carbocycles. The second-order valence-electron chi connectivity index (χ2n) is 4.70. The maximum absolute atomic E-state index is 12.2. The molecule has 1 saturated heterocycles. The molecule has 1 aromatic rings. The number of nitrogens with two attached hydrogens (primary N) is 1. The zero-order valence-electron chi connectivity index (χ0n) is 13.0. The van der Waals surface area contributed by atoms with E-state index in [0.717, 1.165) is 20.2 Å². The fourth-order valence-electron chi connectivity index (χ4n) is 2.08. The topological polar surface area (TPSA) is 98.9 Å². The zero-order chi connectivity index (χ0) is 17.9. The minimum absolute atomic E-state index is 0.227. The number of carbonyl (C=O) groups is 3. The van der Waals surface area contributed by atoms with E-state index in [1.807, 2.05) is 13.0 Å². The van der Waals surface area contributed by atoms with Crippen LogP contribution in [-0.2, 0) is 9.59 Å². The average Bonchev–Trinajstić information content (AvgIpc) is 2.75. The number of imide groups is 1. The summed E-state index contributed by atoms with van der Waals surface area (Å²) in [5.41, 5.74) is 5.74. The van der Waals surface area contributed by atoms with Gasteiger partial charge in [0.2, 0.25) is 5.91 Å². The van der Waals surface area contributed by atoms with E-state index in [1.165, 1.54) is 0 Å². The van der Waals surface area contributed by atoms with Crippen LogP contribution < -0.4 is 15.2 Å². The van der Waals surface area contributed by atoms with E-state index in [2.05, 4.69) is 22.6 Å². The summed E-state index contributed by atoms with van der Waals surface area (Å²) in [6.07, 6.45) is 1.58. The molecule has 1 aliphatic heterocycles. The van der Waals surface area contributed by atoms with Crippen molar-refractivity contribution in [3.05, 3.63) is 26.2 Å². The summed E-state index contributed by atoms with van der Waals surface area (Å²) in [6.45, 7) is 1.89. The van der Waals surface area contributed by atoms with Crippen LogP contribution in [0.3, 0.4) is 0 Å². The Morgan fingerprint density at radius 3 is 2.71 bits per heavy atom. The second-order valence-corrected chi connectivity index (χ2v) is 6.86. The van der Waals surface area contributed by atoms with Gasteiger partial charge in [-0.3, -0.25) is 19.3 Å². The van der Waals surface area contributed by atoms with Crippen LogP contribution in [-0.4, -0.2) is 42.2 Å². The molecule has 0 unspecified atom stereocenters. The third-order valence-electron chi connectivity index (χ3n) is 3.02. The van der Waals surface area contributed by atoms with E-state index in [-0.39, 0.29) is 4.91 Å². The lowest BCUT2D eigenvalue weighted by Crippen LogP contribution is -2.36. The first-order valence-corrected chi connectivity index (χ1v) is 8.80. The SMILES string of the molecule is CCOc1cc(/C=C2\SC(=O)N(CC(N)=O)C2=O)cc(I)c1OC. The third-order valence-corrected chi connectivity index (χ3v) is 4.73. The predicted molar refractivity (Wildman–Crippen MR) is 98.8 cm³/mol. The molecule has 128 valence electrons. The Morgan fingerprint density at radius 1 is 1.42 bits per heavy atom. The molecule has 0 spiro atoms. The van der Waals surface area contributed by atoms with Crippen molar-refractivity contribution in [2.45, 2.75) is 6.92 Å². The molecule has 0 aliphatic carbocycles. The van der Waals surface area contributed by atoms with Crippen LogP contribution in [0.15, 0.2) is 17.0 Å². The van der Waals surface area contributed by atoms with Gasteiger partial charge in [0.05, 0.1) is 22.2 Å². The van der Waals surface area contributed by atoms with Gasteiger partial charge in [0.15, 0.2) is 11.5 Å². The van der Waals surface area contributed by atoms with Crippen molar-refractivity contribution in [2.24, 2.45) is 5.73 Å². The van der Waals surface area contributed by atoms with Crippen LogP contribution >= 0.6 is 34.4 Å². The van der Waals surface area contributed by atoms with Gasteiger partial charge in [-0.1, -0.05) is 0 Å². The van der Waals surface area contributed by atoms with Gasteiger partial charge in [-0.2, -0.15) is 0 Å². The molecule has 1 heterocycles. The number of methoxy groups -OCH3 is 1. The molecule has 24 heavy (non-hydrogen) atoms. The van der Waals surface area contributed by atoms with Crippen LogP contribution in [0.1, 0.15) is 12.5 Å². The normalized spacial score (nSPS) is 16.0. The first-order valence-electron chi connectivity index (χ1n) is 6.91. The number of rotatable bonds is 6. The highest BCUT2D eigenvalue weighted by molar-refractivity contribution is 14.1. The largest absolute Gasteiger partial charge is 0.492 e. The lowest BCUT2D eigenvalue weighted by molar-refractivity contribution is -0.127. The Bertz CT molecular complexity index is 735. The zero-order valence-corrected chi connectivity index (χ0v) is 16.0. The second kappa shape index (κ2) is 7.88. The van der Waals surface area contributed by atoms with Gasteiger partial charge in [-0.15, -0.1) is 0 Å². The monoisotopic (exact) mass is 462 g/mol. The van der Waals surface area contributed by atoms with Gasteiger partial charge < -0.3 is 15.2 Å². The molecule has 9 heteroatoms. The number of carbonyl (C=O) groups excluding carboxylic acids is 3. The van der Waals surface area contributed by atoms with Crippen LogP contribution in [0.2, 0.25) is 0 Å². The highest BCUT2D eigenvalue weighted by Gasteiger charge is 2.35. The Hall–Kier alpha value is -1.75. The number of primary amides is 1. The fraction of sp³-hybridized carbons (Fsp3) is 0.267. The van der Waals surface area contributed by atoms with Crippen LogP contribution in [0.4, 0.5) is 4.79 Å². The van der Waals surface area contributed by atoms with Gasteiger partial charge in [0, 0.05) is 0 Å². The van der Waals surface area contributed by atoms with E-state index < -0.39 is 23.6 Å². The molecule has 7 nitrogen and oxygen atoms in total. The first kappa shape index (κ1) is 18.6. The Kier molecular flexibility index (Phi) is 6.10. The van der Waals surface area contributed by atoms with Crippen molar-refractivity contribution in [3.8, 4) is 11.5 Å². The van der Waals surface area contributed by atoms with E-state index in [0.29, 0.717) is 23.7 Å². The minimum atomic E-state index is -0.740. The number of ether oxygens (including phenoxy) is 2. The van der Waals surface area contributed by atoms with E-state index in [4.69, 9.17) is 15.2 Å². The summed E-state index contributed by atoms with van der Waals surface area (Å²) in [5, 5.41) is -0.515. The number of amides is 3. The van der Waals surface area contributed by atoms with Crippen molar-refractivity contribution in [3.63, 3.8) is 0 Å². The number of nitrogens with zero attached hydrogens (tertiary/aromatic N) is 1. The summed E-state index contributed by atoms with van der Waals surface area (Å²) in [6, 6.07) is 3.54. The van der Waals surface area contributed by atoms with Crippen molar-refractivity contribution < 1.29 is 23.9 Å². The third kappa shape index (κ3) is 4.01. The summed E-state index contributed by atoms with van der Waals surface area (Å²) in [5.74, 6) is -0.116. The first-order chi connectivity index (χ1) is 11.4. The van der Waals surface area contributed by atoms with Crippen LogP contribution in [0.25, 0.3) is 6.08 Å². The Morgan fingerprint density at radius 2 is 2.12 bits per heavy atom. The molecule has 0 bridgehead atoms. The molecule has 0 radical (unpaired) electrons. The maximum atomic E-state index is 12.2. The van der Waals surface area contributed by atoms with E-state index in [1.54, 1.807) is 19.3 Å². The minimum Gasteiger partial charge on any atom is -0.492 e. The molecule has 0 aromatic heterocycles. The summed E-state index contributed by atoms with van der Waals surface area (Å²) >= 11 is 2.87. The van der Waals surface area contributed by atoms with Crippen molar-refractivity contribution >= 4 is 57.5 Å².